The third-order valence-electron chi connectivity index (χ3n) is 3.29. The Morgan fingerprint density at radius 3 is 2.26 bits per heavy atom. The predicted octanol–water partition coefficient (Wildman–Crippen LogP) is 5.62. The average Bonchev–Trinajstić information content (AvgIpc) is 2.45. The fraction of sp³-hybridized carbons (Fsp3) is 0.588. The summed E-state index contributed by atoms with van der Waals surface area (Å²) in [6.45, 7) is 4.37. The molecule has 0 saturated heterocycles. The molecule has 0 spiro atoms. The number of hydrazone groups is 1. The lowest BCUT2D eigenvalue weighted by Crippen LogP contribution is -1.97. The molecule has 1 aromatic rings. The molecule has 0 amide bonds. The van der Waals surface area contributed by atoms with Gasteiger partial charge in [-0.3, -0.25) is 5.43 Å². The molecule has 0 atom stereocenters. The van der Waals surface area contributed by atoms with Crippen molar-refractivity contribution in [1.82, 2.24) is 0 Å². The molecule has 1 rings (SSSR count). The van der Waals surface area contributed by atoms with Crippen LogP contribution in [0.3, 0.4) is 0 Å². The summed E-state index contributed by atoms with van der Waals surface area (Å²) in [6, 6.07) is 10.1. The minimum atomic E-state index is 1.06. The lowest BCUT2D eigenvalue weighted by molar-refractivity contribution is 0.595. The molecule has 0 heterocycles. The summed E-state index contributed by atoms with van der Waals surface area (Å²) in [6.07, 6.45) is 10.6. The maximum absolute atomic E-state index is 4.41. The molecule has 0 saturated carbocycles. The van der Waals surface area contributed by atoms with E-state index in [4.69, 9.17) is 0 Å². The van der Waals surface area contributed by atoms with Gasteiger partial charge in [-0.25, -0.2) is 0 Å². The minimum Gasteiger partial charge on any atom is -0.279 e. The van der Waals surface area contributed by atoms with E-state index in [9.17, 15) is 0 Å². The molecule has 2 heteroatoms. The number of benzene rings is 1. The van der Waals surface area contributed by atoms with Crippen LogP contribution in [-0.2, 0) is 0 Å². The Morgan fingerprint density at radius 2 is 1.58 bits per heavy atom. The third kappa shape index (κ3) is 8.41. The van der Waals surface area contributed by atoms with E-state index in [1.165, 1.54) is 50.7 Å². The van der Waals surface area contributed by atoms with Gasteiger partial charge in [-0.05, 0) is 31.9 Å². The summed E-state index contributed by atoms with van der Waals surface area (Å²) in [5.41, 5.74) is 5.35. The number of hydrogen-bond donors (Lipinski definition) is 1. The number of nitrogens with zero attached hydrogens (tertiary/aromatic N) is 1. The quantitative estimate of drug-likeness (QED) is 0.330. The van der Waals surface area contributed by atoms with E-state index in [2.05, 4.69) is 24.4 Å². The second-order valence-corrected chi connectivity index (χ2v) is 5.20. The number of unbranched alkanes of at least 4 members (excludes halogenated alkanes) is 6. The van der Waals surface area contributed by atoms with Crippen LogP contribution in [0, 0.1) is 0 Å². The van der Waals surface area contributed by atoms with E-state index < -0.39 is 0 Å². The lowest BCUT2D eigenvalue weighted by atomic mass is 10.1. The van der Waals surface area contributed by atoms with Gasteiger partial charge in [0.25, 0.3) is 0 Å². The minimum absolute atomic E-state index is 1.06. The zero-order valence-corrected chi connectivity index (χ0v) is 12.5. The van der Waals surface area contributed by atoms with Crippen molar-refractivity contribution in [3.05, 3.63) is 30.3 Å². The SMILES string of the molecule is CCCCCCCCCC(C)=NNc1ccccc1. The molecule has 19 heavy (non-hydrogen) atoms. The first-order valence-electron chi connectivity index (χ1n) is 7.67. The van der Waals surface area contributed by atoms with Gasteiger partial charge in [-0.15, -0.1) is 0 Å². The van der Waals surface area contributed by atoms with Crippen LogP contribution >= 0.6 is 0 Å². The van der Waals surface area contributed by atoms with E-state index in [1.807, 2.05) is 30.3 Å². The van der Waals surface area contributed by atoms with Crippen molar-refractivity contribution in [3.63, 3.8) is 0 Å². The van der Waals surface area contributed by atoms with Crippen molar-refractivity contribution in [3.8, 4) is 0 Å². The first kappa shape index (κ1) is 15.7. The van der Waals surface area contributed by atoms with Crippen LogP contribution in [0.15, 0.2) is 35.4 Å². The fourth-order valence-electron chi connectivity index (χ4n) is 2.07. The van der Waals surface area contributed by atoms with Gasteiger partial charge in [0.2, 0.25) is 0 Å². The maximum Gasteiger partial charge on any atom is 0.0561 e. The first-order valence-corrected chi connectivity index (χ1v) is 7.67. The van der Waals surface area contributed by atoms with Crippen molar-refractivity contribution in [2.24, 2.45) is 5.10 Å². The topological polar surface area (TPSA) is 24.4 Å². The molecule has 0 fully saturated rings. The molecule has 0 aliphatic rings. The van der Waals surface area contributed by atoms with E-state index in [0.717, 1.165) is 12.1 Å². The van der Waals surface area contributed by atoms with Crippen molar-refractivity contribution in [1.29, 1.82) is 0 Å². The summed E-state index contributed by atoms with van der Waals surface area (Å²) in [4.78, 5) is 0. The Labute approximate surface area is 118 Å². The van der Waals surface area contributed by atoms with Gasteiger partial charge in [0.1, 0.15) is 0 Å². The van der Waals surface area contributed by atoms with Crippen LogP contribution in [0.4, 0.5) is 5.69 Å². The molecule has 2 nitrogen and oxygen atoms in total. The molecule has 0 unspecified atom stereocenters. The molecular weight excluding hydrogens is 232 g/mol. The molecule has 0 aliphatic carbocycles. The number of para-hydroxylation sites is 1. The fourth-order valence-corrected chi connectivity index (χ4v) is 2.07. The standard InChI is InChI=1S/C17H28N2/c1-3-4-5-6-7-8-10-13-16(2)18-19-17-14-11-9-12-15-17/h9,11-12,14-15,19H,3-8,10,13H2,1-2H3. The Bertz CT molecular complexity index is 344. The molecule has 1 N–H and O–H groups in total. The highest BCUT2D eigenvalue weighted by Crippen LogP contribution is 2.09. The van der Waals surface area contributed by atoms with E-state index in [0.29, 0.717) is 0 Å². The van der Waals surface area contributed by atoms with Crippen molar-refractivity contribution in [2.75, 3.05) is 5.43 Å². The van der Waals surface area contributed by atoms with Gasteiger partial charge in [0.05, 0.1) is 5.69 Å². The molecule has 106 valence electrons. The van der Waals surface area contributed by atoms with Crippen molar-refractivity contribution >= 4 is 11.4 Å². The predicted molar refractivity (Wildman–Crippen MR) is 85.8 cm³/mol. The maximum atomic E-state index is 4.41. The van der Waals surface area contributed by atoms with Crippen LogP contribution in [-0.4, -0.2) is 5.71 Å². The summed E-state index contributed by atoms with van der Waals surface area (Å²) in [5.74, 6) is 0. The summed E-state index contributed by atoms with van der Waals surface area (Å²) in [7, 11) is 0. The van der Waals surface area contributed by atoms with Crippen LogP contribution < -0.4 is 5.43 Å². The monoisotopic (exact) mass is 260 g/mol. The van der Waals surface area contributed by atoms with Crippen molar-refractivity contribution in [2.45, 2.75) is 65.2 Å². The summed E-state index contributed by atoms with van der Waals surface area (Å²) >= 11 is 0. The number of hydrogen-bond acceptors (Lipinski definition) is 2. The zero-order valence-electron chi connectivity index (χ0n) is 12.5. The van der Waals surface area contributed by atoms with Gasteiger partial charge in [0.15, 0.2) is 0 Å². The summed E-state index contributed by atoms with van der Waals surface area (Å²) in [5, 5.41) is 4.41. The van der Waals surface area contributed by atoms with Gasteiger partial charge < -0.3 is 0 Å². The first-order chi connectivity index (χ1) is 9.33. The highest BCUT2D eigenvalue weighted by Gasteiger charge is 1.94. The molecule has 0 bridgehead atoms. The molecule has 0 radical (unpaired) electrons. The average molecular weight is 260 g/mol. The van der Waals surface area contributed by atoms with Gasteiger partial charge in [-0.1, -0.05) is 63.6 Å². The van der Waals surface area contributed by atoms with Crippen LogP contribution in [0.2, 0.25) is 0 Å². The summed E-state index contributed by atoms with van der Waals surface area (Å²) < 4.78 is 0. The number of rotatable bonds is 10. The number of nitrogens with one attached hydrogen (secondary N) is 1. The smallest absolute Gasteiger partial charge is 0.0561 e. The lowest BCUT2D eigenvalue weighted by Gasteiger charge is -2.03. The third-order valence-corrected chi connectivity index (χ3v) is 3.29. The molecule has 1 aromatic carbocycles. The second-order valence-electron chi connectivity index (χ2n) is 5.20. The van der Waals surface area contributed by atoms with E-state index in [1.54, 1.807) is 0 Å². The normalized spacial score (nSPS) is 11.6. The molecule has 0 aliphatic heterocycles. The van der Waals surface area contributed by atoms with Gasteiger partial charge in [-0.2, -0.15) is 5.10 Å². The highest BCUT2D eigenvalue weighted by molar-refractivity contribution is 5.82. The highest BCUT2D eigenvalue weighted by atomic mass is 15.3. The van der Waals surface area contributed by atoms with Gasteiger partial charge >= 0.3 is 0 Å². The van der Waals surface area contributed by atoms with Crippen molar-refractivity contribution < 1.29 is 0 Å². The molecular formula is C17H28N2. The second kappa shape index (κ2) is 10.6. The Hall–Kier alpha value is -1.31. The molecule has 0 aromatic heterocycles. The Balaban J connectivity index is 2.05. The largest absolute Gasteiger partial charge is 0.279 e. The Morgan fingerprint density at radius 1 is 0.947 bits per heavy atom. The van der Waals surface area contributed by atoms with Crippen LogP contribution in [0.1, 0.15) is 65.2 Å². The van der Waals surface area contributed by atoms with Gasteiger partial charge in [0, 0.05) is 5.71 Å². The van der Waals surface area contributed by atoms with E-state index in [-0.39, 0.29) is 0 Å². The van der Waals surface area contributed by atoms with E-state index >= 15 is 0 Å². The number of anilines is 1. The van der Waals surface area contributed by atoms with Crippen LogP contribution in [0.5, 0.6) is 0 Å². The van der Waals surface area contributed by atoms with Crippen LogP contribution in [0.25, 0.3) is 0 Å². The zero-order chi connectivity index (χ0) is 13.8. The Kier molecular flexibility index (Phi) is 8.78.